The third kappa shape index (κ3) is 4.27. The zero-order valence-electron chi connectivity index (χ0n) is 15.7. The number of pyridine rings is 1. The predicted molar refractivity (Wildman–Crippen MR) is 107 cm³/mol. The molecule has 0 saturated carbocycles. The number of benzene rings is 1. The van der Waals surface area contributed by atoms with Gasteiger partial charge in [-0.3, -0.25) is 4.79 Å². The minimum absolute atomic E-state index is 0.0691. The molecule has 3 N–H and O–H groups in total. The molecule has 30 heavy (non-hydrogen) atoms. The van der Waals surface area contributed by atoms with Gasteiger partial charge in [0.1, 0.15) is 30.0 Å². The number of hydrogen-bond acceptors (Lipinski definition) is 8. The van der Waals surface area contributed by atoms with Crippen molar-refractivity contribution in [2.75, 3.05) is 11.1 Å². The fraction of sp³-hybridized carbons (Fsp3) is 0.100. The normalized spacial score (nSPS) is 10.7. The number of carbonyl (C=O) groups is 1. The molecular weight excluding hydrogens is 387 g/mol. The first-order chi connectivity index (χ1) is 14.6. The number of anilines is 2. The summed E-state index contributed by atoms with van der Waals surface area (Å²) in [5.41, 5.74) is 7.70. The fourth-order valence-electron chi connectivity index (χ4n) is 2.82. The van der Waals surface area contributed by atoms with E-state index in [0.29, 0.717) is 28.5 Å². The lowest BCUT2D eigenvalue weighted by Gasteiger charge is -2.10. The summed E-state index contributed by atoms with van der Waals surface area (Å²) >= 11 is 0. The lowest BCUT2D eigenvalue weighted by Crippen LogP contribution is -2.10. The van der Waals surface area contributed by atoms with E-state index in [0.717, 1.165) is 0 Å². The topological polar surface area (TPSA) is 124 Å². The number of nitrogen functional groups attached to an aromatic ring is 1. The van der Waals surface area contributed by atoms with Gasteiger partial charge in [-0.2, -0.15) is 5.10 Å². The number of halogens is 1. The lowest BCUT2D eigenvalue weighted by molar-refractivity contribution is 0.0988. The third-order valence-electron chi connectivity index (χ3n) is 4.36. The Morgan fingerprint density at radius 2 is 2.07 bits per heavy atom. The van der Waals surface area contributed by atoms with E-state index < -0.39 is 0 Å². The molecule has 0 aliphatic rings. The molecule has 4 rings (SSSR count). The van der Waals surface area contributed by atoms with Crippen molar-refractivity contribution in [2.45, 2.75) is 13.0 Å². The van der Waals surface area contributed by atoms with Gasteiger partial charge in [-0.1, -0.05) is 12.1 Å². The summed E-state index contributed by atoms with van der Waals surface area (Å²) in [5.74, 6) is 0.179. The zero-order valence-corrected chi connectivity index (χ0v) is 15.7. The van der Waals surface area contributed by atoms with Gasteiger partial charge in [-0.05, 0) is 23.8 Å². The van der Waals surface area contributed by atoms with Gasteiger partial charge in [0.25, 0.3) is 0 Å². The second-order valence-electron chi connectivity index (χ2n) is 6.42. The van der Waals surface area contributed by atoms with E-state index in [1.807, 2.05) is 0 Å². The largest absolute Gasteiger partial charge is 0.382 e. The second kappa shape index (κ2) is 8.43. The number of Topliss-reactive ketones (excluding diaryl/α,β-unsaturated/α-hetero) is 1. The first kappa shape index (κ1) is 19.1. The summed E-state index contributed by atoms with van der Waals surface area (Å²) in [6.45, 7) is 0.205. The van der Waals surface area contributed by atoms with Gasteiger partial charge in [0.15, 0.2) is 11.6 Å². The van der Waals surface area contributed by atoms with Crippen molar-refractivity contribution in [1.82, 2.24) is 29.7 Å². The molecule has 0 aliphatic heterocycles. The molecule has 3 aromatic heterocycles. The molecule has 10 heteroatoms. The number of nitrogens with zero attached hydrogens (tertiary/aromatic N) is 6. The summed E-state index contributed by atoms with van der Waals surface area (Å²) in [5, 5.41) is 7.01. The van der Waals surface area contributed by atoms with Crippen LogP contribution in [0.2, 0.25) is 0 Å². The van der Waals surface area contributed by atoms with Crippen molar-refractivity contribution >= 4 is 17.3 Å². The maximum Gasteiger partial charge on any atom is 0.187 e. The van der Waals surface area contributed by atoms with Crippen LogP contribution in [0.15, 0.2) is 61.6 Å². The average molecular weight is 404 g/mol. The Hall–Kier alpha value is -4.21. The van der Waals surface area contributed by atoms with Gasteiger partial charge >= 0.3 is 0 Å². The van der Waals surface area contributed by atoms with E-state index in [9.17, 15) is 9.18 Å². The highest BCUT2D eigenvalue weighted by atomic mass is 19.1. The number of rotatable bonds is 7. The van der Waals surface area contributed by atoms with Crippen LogP contribution in [0.4, 0.5) is 15.9 Å². The molecule has 0 saturated heterocycles. The Kier molecular flexibility index (Phi) is 5.37. The quantitative estimate of drug-likeness (QED) is 0.449. The summed E-state index contributed by atoms with van der Waals surface area (Å²) in [7, 11) is 0. The molecule has 1 aromatic carbocycles. The van der Waals surface area contributed by atoms with Gasteiger partial charge in [-0.15, -0.1) is 0 Å². The Bertz CT molecular complexity index is 1160. The van der Waals surface area contributed by atoms with E-state index >= 15 is 0 Å². The SMILES string of the molecule is Nc1ncccc1NCc1cc(CC(=O)c2cnc(-n3cncn3)cn2)ccc1F. The van der Waals surface area contributed by atoms with Gasteiger partial charge in [0.2, 0.25) is 0 Å². The van der Waals surface area contributed by atoms with Gasteiger partial charge < -0.3 is 11.1 Å². The molecule has 0 amide bonds. The highest BCUT2D eigenvalue weighted by molar-refractivity contribution is 5.95. The maximum atomic E-state index is 14.2. The van der Waals surface area contributed by atoms with Crippen LogP contribution in [0.3, 0.4) is 0 Å². The first-order valence-electron chi connectivity index (χ1n) is 9.02. The number of aromatic nitrogens is 6. The van der Waals surface area contributed by atoms with Crippen LogP contribution in [0, 0.1) is 5.82 Å². The van der Waals surface area contributed by atoms with Crippen LogP contribution < -0.4 is 11.1 Å². The number of carbonyl (C=O) groups excluding carboxylic acids is 1. The number of ketones is 1. The molecule has 0 spiro atoms. The van der Waals surface area contributed by atoms with E-state index in [4.69, 9.17) is 5.73 Å². The number of nitrogens with one attached hydrogen (secondary N) is 1. The van der Waals surface area contributed by atoms with Crippen LogP contribution in [0.25, 0.3) is 5.82 Å². The summed E-state index contributed by atoms with van der Waals surface area (Å²) in [4.78, 5) is 28.7. The summed E-state index contributed by atoms with van der Waals surface area (Å²) in [6, 6.07) is 8.05. The molecule has 0 unspecified atom stereocenters. The number of nitrogens with two attached hydrogens (primary N) is 1. The number of hydrogen-bond donors (Lipinski definition) is 2. The van der Waals surface area contributed by atoms with E-state index in [1.165, 1.54) is 35.8 Å². The van der Waals surface area contributed by atoms with Crippen molar-refractivity contribution in [3.63, 3.8) is 0 Å². The molecule has 0 radical (unpaired) electrons. The Morgan fingerprint density at radius 1 is 1.17 bits per heavy atom. The molecule has 0 fully saturated rings. The zero-order chi connectivity index (χ0) is 20.9. The van der Waals surface area contributed by atoms with E-state index in [2.05, 4.69) is 30.4 Å². The monoisotopic (exact) mass is 404 g/mol. The minimum atomic E-state index is -0.377. The van der Waals surface area contributed by atoms with Crippen molar-refractivity contribution in [3.05, 3.63) is 84.2 Å². The first-order valence-corrected chi connectivity index (χ1v) is 9.02. The molecule has 0 aliphatic carbocycles. The van der Waals surface area contributed by atoms with E-state index in [1.54, 1.807) is 30.5 Å². The highest BCUT2D eigenvalue weighted by Crippen LogP contribution is 2.18. The van der Waals surface area contributed by atoms with Gasteiger partial charge in [-0.25, -0.2) is 29.0 Å². The summed E-state index contributed by atoms with van der Waals surface area (Å²) < 4.78 is 15.6. The molecule has 4 aromatic rings. The van der Waals surface area contributed by atoms with E-state index in [-0.39, 0.29) is 30.3 Å². The smallest absolute Gasteiger partial charge is 0.187 e. The molecule has 9 nitrogen and oxygen atoms in total. The summed E-state index contributed by atoms with van der Waals surface area (Å²) in [6.07, 6.45) is 7.34. The van der Waals surface area contributed by atoms with Crippen molar-refractivity contribution < 1.29 is 9.18 Å². The van der Waals surface area contributed by atoms with Crippen molar-refractivity contribution in [2.24, 2.45) is 0 Å². The van der Waals surface area contributed by atoms with Crippen molar-refractivity contribution in [1.29, 1.82) is 0 Å². The lowest BCUT2D eigenvalue weighted by atomic mass is 10.0. The Labute approximate surface area is 170 Å². The average Bonchev–Trinajstić information content (AvgIpc) is 3.30. The fourth-order valence-corrected chi connectivity index (χ4v) is 2.82. The maximum absolute atomic E-state index is 14.2. The van der Waals surface area contributed by atoms with Crippen LogP contribution >= 0.6 is 0 Å². The third-order valence-corrected chi connectivity index (χ3v) is 4.36. The standard InChI is InChI=1S/C20H17FN8O/c21-15-4-3-13(6-14(15)8-25-16-2-1-5-24-20(16)22)7-18(30)17-9-27-19(10-26-17)29-12-23-11-28-29/h1-6,9-12,25H,7-8H2,(H2,22,24). The molecule has 0 atom stereocenters. The molecule has 0 bridgehead atoms. The van der Waals surface area contributed by atoms with Gasteiger partial charge in [0, 0.05) is 24.7 Å². The minimum Gasteiger partial charge on any atom is -0.382 e. The van der Waals surface area contributed by atoms with Crippen LogP contribution in [0.5, 0.6) is 0 Å². The van der Waals surface area contributed by atoms with Crippen LogP contribution in [-0.2, 0) is 13.0 Å². The Morgan fingerprint density at radius 3 is 2.80 bits per heavy atom. The highest BCUT2D eigenvalue weighted by Gasteiger charge is 2.12. The predicted octanol–water partition coefficient (Wildman–Crippen LogP) is 2.21. The van der Waals surface area contributed by atoms with Crippen molar-refractivity contribution in [3.8, 4) is 5.82 Å². The second-order valence-corrected chi connectivity index (χ2v) is 6.42. The Balaban J connectivity index is 1.44. The molecular formula is C20H17FN8O. The van der Waals surface area contributed by atoms with Gasteiger partial charge in [0.05, 0.1) is 18.1 Å². The van der Waals surface area contributed by atoms with Crippen LogP contribution in [-0.4, -0.2) is 35.5 Å². The van der Waals surface area contributed by atoms with Crippen LogP contribution in [0.1, 0.15) is 21.6 Å². The molecule has 150 valence electrons. The molecule has 3 heterocycles.